The van der Waals surface area contributed by atoms with Gasteiger partial charge in [-0.2, -0.15) is 0 Å². The molecule has 0 heterocycles. The van der Waals surface area contributed by atoms with Gasteiger partial charge in [-0.25, -0.2) is 4.79 Å². The Morgan fingerprint density at radius 1 is 0.926 bits per heavy atom. The van der Waals surface area contributed by atoms with Gasteiger partial charge in [-0.3, -0.25) is 0 Å². The van der Waals surface area contributed by atoms with Gasteiger partial charge in [0.05, 0.1) is 5.56 Å². The van der Waals surface area contributed by atoms with Crippen LogP contribution < -0.4 is 0 Å². The number of hydrogen-bond acceptors (Lipinski definition) is 2. The molecule has 0 aromatic heterocycles. The lowest BCUT2D eigenvalue weighted by molar-refractivity contribution is 0.0298. The van der Waals surface area contributed by atoms with E-state index in [1.54, 1.807) is 0 Å². The van der Waals surface area contributed by atoms with Crippen LogP contribution >= 0.6 is 0 Å². The molecule has 0 saturated carbocycles. The summed E-state index contributed by atoms with van der Waals surface area (Å²) in [6, 6.07) is 12.7. The summed E-state index contributed by atoms with van der Waals surface area (Å²) in [6.07, 6.45) is 1.73. The molecule has 2 aromatic rings. The zero-order valence-corrected chi connectivity index (χ0v) is 17.5. The molecule has 144 valence electrons. The predicted molar refractivity (Wildman–Crippen MR) is 112 cm³/mol. The SMILES string of the molecule is CC(C)c1cc(C(C)C)c(C(=O)O[C@@H]2CCc3ccccc32)c(C(C)C)c1. The van der Waals surface area contributed by atoms with E-state index in [9.17, 15) is 4.79 Å². The average molecular weight is 365 g/mol. The highest BCUT2D eigenvalue weighted by atomic mass is 16.5. The van der Waals surface area contributed by atoms with Gasteiger partial charge < -0.3 is 4.74 Å². The van der Waals surface area contributed by atoms with Crippen LogP contribution in [0, 0.1) is 0 Å². The second kappa shape index (κ2) is 7.88. The Morgan fingerprint density at radius 3 is 2.07 bits per heavy atom. The zero-order valence-electron chi connectivity index (χ0n) is 17.5. The third kappa shape index (κ3) is 3.95. The lowest BCUT2D eigenvalue weighted by atomic mass is 9.84. The van der Waals surface area contributed by atoms with Crippen molar-refractivity contribution in [1.29, 1.82) is 0 Å². The van der Waals surface area contributed by atoms with E-state index in [-0.39, 0.29) is 23.9 Å². The largest absolute Gasteiger partial charge is 0.454 e. The number of hydrogen-bond donors (Lipinski definition) is 0. The summed E-state index contributed by atoms with van der Waals surface area (Å²) >= 11 is 0. The van der Waals surface area contributed by atoms with Crippen molar-refractivity contribution in [3.8, 4) is 0 Å². The second-order valence-electron chi connectivity index (χ2n) is 8.67. The Kier molecular flexibility index (Phi) is 5.74. The molecule has 0 bridgehead atoms. The first-order valence-electron chi connectivity index (χ1n) is 10.3. The van der Waals surface area contributed by atoms with Crippen molar-refractivity contribution in [1.82, 2.24) is 0 Å². The molecule has 0 fully saturated rings. The van der Waals surface area contributed by atoms with E-state index in [1.165, 1.54) is 16.7 Å². The molecule has 0 N–H and O–H groups in total. The van der Waals surface area contributed by atoms with Crippen LogP contribution in [0.15, 0.2) is 36.4 Å². The van der Waals surface area contributed by atoms with Crippen molar-refractivity contribution < 1.29 is 9.53 Å². The fourth-order valence-corrected chi connectivity index (χ4v) is 4.02. The number of carbonyl (C=O) groups is 1. The van der Waals surface area contributed by atoms with Crippen LogP contribution in [0.3, 0.4) is 0 Å². The van der Waals surface area contributed by atoms with Crippen LogP contribution in [0.5, 0.6) is 0 Å². The molecule has 0 unspecified atom stereocenters. The van der Waals surface area contributed by atoms with E-state index < -0.39 is 0 Å². The van der Waals surface area contributed by atoms with E-state index in [0.29, 0.717) is 5.92 Å². The first kappa shape index (κ1) is 19.7. The Morgan fingerprint density at radius 2 is 1.52 bits per heavy atom. The maximum atomic E-state index is 13.3. The van der Waals surface area contributed by atoms with Gasteiger partial charge in [-0.05, 0) is 58.4 Å². The molecular weight excluding hydrogens is 332 g/mol. The summed E-state index contributed by atoms with van der Waals surface area (Å²) < 4.78 is 6.07. The fourth-order valence-electron chi connectivity index (χ4n) is 4.02. The van der Waals surface area contributed by atoms with Crippen molar-refractivity contribution in [2.75, 3.05) is 0 Å². The maximum absolute atomic E-state index is 13.3. The van der Waals surface area contributed by atoms with E-state index in [1.807, 2.05) is 6.07 Å². The minimum Gasteiger partial charge on any atom is -0.454 e. The third-order valence-corrected chi connectivity index (χ3v) is 5.66. The maximum Gasteiger partial charge on any atom is 0.339 e. The number of aryl methyl sites for hydroxylation is 1. The molecule has 3 rings (SSSR count). The first-order chi connectivity index (χ1) is 12.8. The number of carbonyl (C=O) groups excluding carboxylic acids is 1. The summed E-state index contributed by atoms with van der Waals surface area (Å²) in [7, 11) is 0. The predicted octanol–water partition coefficient (Wildman–Crippen LogP) is 6.90. The quantitative estimate of drug-likeness (QED) is 0.539. The molecule has 1 aliphatic rings. The van der Waals surface area contributed by atoms with Crippen LogP contribution in [0.25, 0.3) is 0 Å². The number of benzene rings is 2. The van der Waals surface area contributed by atoms with E-state index in [2.05, 4.69) is 71.9 Å². The van der Waals surface area contributed by atoms with Crippen LogP contribution in [0.4, 0.5) is 0 Å². The lowest BCUT2D eigenvalue weighted by Crippen LogP contribution is -2.16. The van der Waals surface area contributed by atoms with Gasteiger partial charge in [0.25, 0.3) is 0 Å². The van der Waals surface area contributed by atoms with Crippen molar-refractivity contribution in [3.63, 3.8) is 0 Å². The van der Waals surface area contributed by atoms with Crippen molar-refractivity contribution in [3.05, 3.63) is 69.8 Å². The highest BCUT2D eigenvalue weighted by Gasteiger charge is 2.29. The molecule has 2 nitrogen and oxygen atoms in total. The molecule has 0 amide bonds. The summed E-state index contributed by atoms with van der Waals surface area (Å²) in [6.45, 7) is 13.0. The highest BCUT2D eigenvalue weighted by Crippen LogP contribution is 2.37. The van der Waals surface area contributed by atoms with Gasteiger partial charge in [-0.15, -0.1) is 0 Å². The van der Waals surface area contributed by atoms with Gasteiger partial charge in [0.2, 0.25) is 0 Å². The Labute approximate surface area is 164 Å². The summed E-state index contributed by atoms with van der Waals surface area (Å²) in [5, 5.41) is 0. The molecular formula is C25H32O2. The third-order valence-electron chi connectivity index (χ3n) is 5.66. The normalized spacial score (nSPS) is 16.3. The molecule has 27 heavy (non-hydrogen) atoms. The smallest absolute Gasteiger partial charge is 0.339 e. The minimum absolute atomic E-state index is 0.126. The van der Waals surface area contributed by atoms with E-state index in [4.69, 9.17) is 4.74 Å². The monoisotopic (exact) mass is 364 g/mol. The molecule has 0 radical (unpaired) electrons. The Bertz CT molecular complexity index is 801. The average Bonchev–Trinajstić information content (AvgIpc) is 3.03. The molecule has 1 aliphatic carbocycles. The number of fused-ring (bicyclic) bond motifs is 1. The molecule has 1 atom stereocenters. The summed E-state index contributed by atoms with van der Waals surface area (Å²) in [5.74, 6) is 0.824. The van der Waals surface area contributed by atoms with Crippen molar-refractivity contribution in [2.24, 2.45) is 0 Å². The number of ether oxygens (including phenoxy) is 1. The molecule has 2 aromatic carbocycles. The van der Waals surface area contributed by atoms with Gasteiger partial charge >= 0.3 is 5.97 Å². The minimum atomic E-state index is -0.167. The molecule has 0 saturated heterocycles. The van der Waals surface area contributed by atoms with Crippen LogP contribution in [0.2, 0.25) is 0 Å². The topological polar surface area (TPSA) is 26.3 Å². The van der Waals surface area contributed by atoms with Crippen LogP contribution in [0.1, 0.15) is 110 Å². The van der Waals surface area contributed by atoms with Gasteiger partial charge in [-0.1, -0.05) is 77.9 Å². The van der Waals surface area contributed by atoms with Gasteiger partial charge in [0.1, 0.15) is 6.10 Å². The van der Waals surface area contributed by atoms with Crippen molar-refractivity contribution in [2.45, 2.75) is 78.2 Å². The molecule has 0 spiro atoms. The van der Waals surface area contributed by atoms with Gasteiger partial charge in [0, 0.05) is 0 Å². The van der Waals surface area contributed by atoms with E-state index >= 15 is 0 Å². The first-order valence-corrected chi connectivity index (χ1v) is 10.3. The highest BCUT2D eigenvalue weighted by molar-refractivity contribution is 5.93. The number of rotatable bonds is 5. The molecule has 0 aliphatic heterocycles. The Hall–Kier alpha value is -2.09. The Balaban J connectivity index is 2.01. The fraction of sp³-hybridized carbons (Fsp3) is 0.480. The number of esters is 1. The standard InChI is InChI=1S/C25H32O2/c1-15(2)19-13-21(16(3)4)24(22(14-19)17(5)6)25(26)27-23-12-11-18-9-7-8-10-20(18)23/h7-10,13-17,23H,11-12H2,1-6H3/t23-/m1/s1. The molecule has 2 heteroatoms. The van der Waals surface area contributed by atoms with Crippen LogP contribution in [-0.4, -0.2) is 5.97 Å². The summed E-state index contributed by atoms with van der Waals surface area (Å²) in [5.41, 5.74) is 6.78. The van der Waals surface area contributed by atoms with Gasteiger partial charge in [0.15, 0.2) is 0 Å². The second-order valence-corrected chi connectivity index (χ2v) is 8.67. The summed E-state index contributed by atoms with van der Waals surface area (Å²) in [4.78, 5) is 13.3. The van der Waals surface area contributed by atoms with E-state index in [0.717, 1.165) is 29.5 Å². The van der Waals surface area contributed by atoms with Crippen molar-refractivity contribution >= 4 is 5.97 Å². The zero-order chi connectivity index (χ0) is 19.7. The lowest BCUT2D eigenvalue weighted by Gasteiger charge is -2.23. The van der Waals surface area contributed by atoms with Crippen LogP contribution in [-0.2, 0) is 11.2 Å².